The van der Waals surface area contributed by atoms with Crippen molar-refractivity contribution in [1.29, 1.82) is 0 Å². The summed E-state index contributed by atoms with van der Waals surface area (Å²) in [6.45, 7) is 0. The van der Waals surface area contributed by atoms with Crippen LogP contribution < -0.4 is 5.32 Å². The van der Waals surface area contributed by atoms with Crippen LogP contribution in [0.5, 0.6) is 0 Å². The molecule has 7 heteroatoms. The van der Waals surface area contributed by atoms with Gasteiger partial charge in [0.1, 0.15) is 0 Å². The van der Waals surface area contributed by atoms with Gasteiger partial charge in [-0.1, -0.05) is 0 Å². The van der Waals surface area contributed by atoms with Crippen molar-refractivity contribution in [2.24, 2.45) is 0 Å². The fourth-order valence-electron chi connectivity index (χ4n) is 1.06. The van der Waals surface area contributed by atoms with Crippen LogP contribution in [0.1, 0.15) is 0 Å². The summed E-state index contributed by atoms with van der Waals surface area (Å²) in [6, 6.07) is 3.38. The third-order valence-corrected chi connectivity index (χ3v) is 1.89. The van der Waals surface area contributed by atoms with Crippen LogP contribution in [0.3, 0.4) is 0 Å². The molecule has 0 aliphatic rings. The van der Waals surface area contributed by atoms with Gasteiger partial charge in [0, 0.05) is 11.8 Å². The first-order chi connectivity index (χ1) is 7.65. The van der Waals surface area contributed by atoms with Gasteiger partial charge in [0.2, 0.25) is 5.28 Å². The predicted molar refractivity (Wildman–Crippen MR) is 54.5 cm³/mol. The molecule has 2 rings (SSSR count). The molecule has 0 aliphatic carbocycles. The number of nitrogens with one attached hydrogen (secondary N) is 1. The molecule has 1 heterocycles. The Morgan fingerprint density at radius 1 is 1.19 bits per heavy atom. The fraction of sp³-hybridized carbons (Fsp3) is 0. The van der Waals surface area contributed by atoms with Crippen LogP contribution in [-0.2, 0) is 0 Å². The molecule has 16 heavy (non-hydrogen) atoms. The summed E-state index contributed by atoms with van der Waals surface area (Å²) < 4.78 is 25.5. The summed E-state index contributed by atoms with van der Waals surface area (Å²) in [7, 11) is 0. The van der Waals surface area contributed by atoms with Crippen molar-refractivity contribution in [1.82, 2.24) is 15.2 Å². The maximum absolute atomic E-state index is 12.9. The van der Waals surface area contributed by atoms with Crippen LogP contribution in [0.15, 0.2) is 24.4 Å². The lowest BCUT2D eigenvalue weighted by Crippen LogP contribution is -1.97. The highest BCUT2D eigenvalue weighted by molar-refractivity contribution is 6.28. The Labute approximate surface area is 94.3 Å². The molecule has 0 unspecified atom stereocenters. The van der Waals surface area contributed by atoms with E-state index < -0.39 is 11.6 Å². The van der Waals surface area contributed by atoms with E-state index >= 15 is 0 Å². The molecule has 0 saturated carbocycles. The minimum Gasteiger partial charge on any atom is -0.339 e. The number of aromatic nitrogens is 3. The molecular weight excluding hydrogens is 238 g/mol. The van der Waals surface area contributed by atoms with Gasteiger partial charge in [-0.3, -0.25) is 0 Å². The standard InChI is InChI=1S/C9H5ClF2N4/c10-9-15-8(4-13-16-9)14-5-1-2-6(11)7(12)3-5/h1-4H,(H,14,15,16). The van der Waals surface area contributed by atoms with Gasteiger partial charge >= 0.3 is 0 Å². The molecule has 0 aliphatic heterocycles. The van der Waals surface area contributed by atoms with Crippen molar-refractivity contribution in [3.8, 4) is 0 Å². The van der Waals surface area contributed by atoms with Crippen LogP contribution in [0.4, 0.5) is 20.3 Å². The molecule has 1 N–H and O–H groups in total. The zero-order chi connectivity index (χ0) is 11.5. The normalized spacial score (nSPS) is 10.2. The van der Waals surface area contributed by atoms with E-state index in [9.17, 15) is 8.78 Å². The minimum absolute atomic E-state index is 0.0346. The van der Waals surface area contributed by atoms with E-state index in [0.717, 1.165) is 12.1 Å². The van der Waals surface area contributed by atoms with E-state index in [1.54, 1.807) is 0 Å². The summed E-state index contributed by atoms with van der Waals surface area (Å²) >= 11 is 5.51. The summed E-state index contributed by atoms with van der Waals surface area (Å²) in [4.78, 5) is 3.79. The van der Waals surface area contributed by atoms with E-state index in [0.29, 0.717) is 11.5 Å². The Morgan fingerprint density at radius 2 is 2.00 bits per heavy atom. The number of benzene rings is 1. The second-order valence-corrected chi connectivity index (χ2v) is 3.20. The smallest absolute Gasteiger partial charge is 0.244 e. The molecule has 0 bridgehead atoms. The second-order valence-electron chi connectivity index (χ2n) is 2.86. The first kappa shape index (κ1) is 10.7. The van der Waals surface area contributed by atoms with Crippen molar-refractivity contribution in [2.75, 3.05) is 5.32 Å². The number of halogens is 3. The lowest BCUT2D eigenvalue weighted by molar-refractivity contribution is 0.509. The van der Waals surface area contributed by atoms with Gasteiger partial charge in [-0.15, -0.1) is 5.10 Å². The maximum atomic E-state index is 12.9. The second kappa shape index (κ2) is 4.36. The molecule has 0 radical (unpaired) electrons. The molecule has 2 aromatic rings. The Morgan fingerprint density at radius 3 is 2.69 bits per heavy atom. The molecular formula is C9H5ClF2N4. The topological polar surface area (TPSA) is 50.7 Å². The summed E-state index contributed by atoms with van der Waals surface area (Å²) in [5.74, 6) is -1.56. The van der Waals surface area contributed by atoms with Gasteiger partial charge < -0.3 is 5.32 Å². The van der Waals surface area contributed by atoms with E-state index in [2.05, 4.69) is 20.5 Å². The predicted octanol–water partition coefficient (Wildman–Crippen LogP) is 2.55. The molecule has 1 aromatic carbocycles. The number of hydrogen-bond acceptors (Lipinski definition) is 4. The van der Waals surface area contributed by atoms with E-state index in [1.165, 1.54) is 12.3 Å². The summed E-state index contributed by atoms with van der Waals surface area (Å²) in [5, 5.41) is 9.66. The fourth-order valence-corrected chi connectivity index (χ4v) is 1.20. The first-order valence-electron chi connectivity index (χ1n) is 4.22. The highest BCUT2D eigenvalue weighted by Crippen LogP contribution is 2.17. The van der Waals surface area contributed by atoms with Gasteiger partial charge in [-0.05, 0) is 23.7 Å². The van der Waals surface area contributed by atoms with Crippen LogP contribution in [0.25, 0.3) is 0 Å². The largest absolute Gasteiger partial charge is 0.339 e. The third kappa shape index (κ3) is 2.40. The first-order valence-corrected chi connectivity index (χ1v) is 4.60. The number of rotatable bonds is 2. The molecule has 4 nitrogen and oxygen atoms in total. The molecule has 1 aromatic heterocycles. The van der Waals surface area contributed by atoms with E-state index in [1.807, 2.05) is 0 Å². The van der Waals surface area contributed by atoms with Crippen LogP contribution >= 0.6 is 11.6 Å². The highest BCUT2D eigenvalue weighted by atomic mass is 35.5. The molecule has 0 fully saturated rings. The Hall–Kier alpha value is -1.82. The maximum Gasteiger partial charge on any atom is 0.244 e. The van der Waals surface area contributed by atoms with Crippen molar-refractivity contribution >= 4 is 23.1 Å². The van der Waals surface area contributed by atoms with Crippen LogP contribution in [0, 0.1) is 11.6 Å². The Balaban J connectivity index is 2.24. The molecule has 82 valence electrons. The van der Waals surface area contributed by atoms with E-state index in [-0.39, 0.29) is 5.28 Å². The van der Waals surface area contributed by atoms with Gasteiger partial charge in [-0.2, -0.15) is 10.1 Å². The van der Waals surface area contributed by atoms with Gasteiger partial charge in [0.15, 0.2) is 17.5 Å². The third-order valence-electron chi connectivity index (χ3n) is 1.72. The average Bonchev–Trinajstić information content (AvgIpc) is 2.24. The molecule has 0 saturated heterocycles. The average molecular weight is 243 g/mol. The van der Waals surface area contributed by atoms with Crippen molar-refractivity contribution in [2.45, 2.75) is 0 Å². The summed E-state index contributed by atoms with van der Waals surface area (Å²) in [5.41, 5.74) is 0.343. The van der Waals surface area contributed by atoms with Crippen LogP contribution in [0.2, 0.25) is 5.28 Å². The van der Waals surface area contributed by atoms with Gasteiger partial charge in [0.05, 0.1) is 6.20 Å². The van der Waals surface area contributed by atoms with Crippen molar-refractivity contribution in [3.63, 3.8) is 0 Å². The Bertz CT molecular complexity index is 521. The minimum atomic E-state index is -0.946. The molecule has 0 atom stereocenters. The monoisotopic (exact) mass is 242 g/mol. The zero-order valence-corrected chi connectivity index (χ0v) is 8.54. The zero-order valence-electron chi connectivity index (χ0n) is 7.78. The van der Waals surface area contributed by atoms with Crippen molar-refractivity contribution < 1.29 is 8.78 Å². The van der Waals surface area contributed by atoms with Gasteiger partial charge in [0.25, 0.3) is 0 Å². The van der Waals surface area contributed by atoms with Crippen LogP contribution in [-0.4, -0.2) is 15.2 Å². The quantitative estimate of drug-likeness (QED) is 0.879. The van der Waals surface area contributed by atoms with Crippen molar-refractivity contribution in [3.05, 3.63) is 41.3 Å². The highest BCUT2D eigenvalue weighted by Gasteiger charge is 2.03. The SMILES string of the molecule is Fc1ccc(Nc2cnnc(Cl)n2)cc1F. The van der Waals surface area contributed by atoms with Gasteiger partial charge in [-0.25, -0.2) is 8.78 Å². The van der Waals surface area contributed by atoms with E-state index in [4.69, 9.17) is 11.6 Å². The Kier molecular flexibility index (Phi) is 2.91. The number of anilines is 2. The molecule has 0 spiro atoms. The summed E-state index contributed by atoms with van der Waals surface area (Å²) in [6.07, 6.45) is 1.31. The lowest BCUT2D eigenvalue weighted by Gasteiger charge is -2.04. The number of nitrogens with zero attached hydrogens (tertiary/aromatic N) is 3. The molecule has 0 amide bonds. The lowest BCUT2D eigenvalue weighted by atomic mass is 10.3. The number of hydrogen-bond donors (Lipinski definition) is 1.